The van der Waals surface area contributed by atoms with Gasteiger partial charge in [0.2, 0.25) is 15.9 Å². The van der Waals surface area contributed by atoms with Crippen LogP contribution < -0.4 is 4.72 Å². The van der Waals surface area contributed by atoms with E-state index < -0.39 is 16.0 Å². The van der Waals surface area contributed by atoms with E-state index in [1.54, 1.807) is 24.3 Å². The molecule has 0 bridgehead atoms. The molecule has 3 rings (SSSR count). The van der Waals surface area contributed by atoms with E-state index in [1.807, 2.05) is 0 Å². The van der Waals surface area contributed by atoms with Crippen molar-refractivity contribution >= 4 is 21.9 Å². The third-order valence-electron chi connectivity index (χ3n) is 4.37. The minimum Gasteiger partial charge on any atom is -0.480 e. The number of aliphatic carboxylic acids is 1. The molecule has 2 N–H and O–H groups in total. The molecule has 2 aliphatic carbocycles. The maximum Gasteiger partial charge on any atom is 0.323 e. The summed E-state index contributed by atoms with van der Waals surface area (Å²) in [7, 11) is -3.47. The lowest BCUT2D eigenvalue weighted by Crippen LogP contribution is -2.37. The second-order valence-corrected chi connectivity index (χ2v) is 8.40. The maximum atomic E-state index is 12.2. The second kappa shape index (κ2) is 7.13. The van der Waals surface area contributed by atoms with Gasteiger partial charge < -0.3 is 10.0 Å². The number of amides is 1. The standard InChI is InChI=1S/C17H22N2O5S/c20-16(19(11-17(21)22)14-6-7-14)10-3-12-1-8-15(9-2-12)25(23,24)18-13-4-5-13/h1-2,8-9,13-14,18H,3-7,10-11H2,(H,21,22). The molecule has 1 aromatic carbocycles. The topological polar surface area (TPSA) is 104 Å². The first-order valence-electron chi connectivity index (χ1n) is 8.48. The Balaban J connectivity index is 1.56. The first-order chi connectivity index (χ1) is 11.8. The van der Waals surface area contributed by atoms with Crippen LogP contribution in [0.1, 0.15) is 37.7 Å². The summed E-state index contributed by atoms with van der Waals surface area (Å²) < 4.78 is 26.8. The molecule has 8 heteroatoms. The van der Waals surface area contributed by atoms with Crippen LogP contribution in [0.2, 0.25) is 0 Å². The molecule has 2 fully saturated rings. The van der Waals surface area contributed by atoms with Crippen molar-refractivity contribution in [3.63, 3.8) is 0 Å². The summed E-state index contributed by atoms with van der Waals surface area (Å²) in [4.78, 5) is 24.8. The number of aryl methyl sites for hydroxylation is 1. The Morgan fingerprint density at radius 1 is 1.12 bits per heavy atom. The Hall–Kier alpha value is -1.93. The number of sulfonamides is 1. The zero-order chi connectivity index (χ0) is 18.0. The normalized spacial score (nSPS) is 17.3. The summed E-state index contributed by atoms with van der Waals surface area (Å²) in [6, 6.07) is 6.61. The highest BCUT2D eigenvalue weighted by Crippen LogP contribution is 2.27. The summed E-state index contributed by atoms with van der Waals surface area (Å²) in [6.07, 6.45) is 4.16. The average Bonchev–Trinajstić information content (AvgIpc) is 3.44. The van der Waals surface area contributed by atoms with Crippen molar-refractivity contribution < 1.29 is 23.1 Å². The highest BCUT2D eigenvalue weighted by Gasteiger charge is 2.33. The third-order valence-corrected chi connectivity index (χ3v) is 5.91. The molecule has 1 amide bonds. The molecule has 0 heterocycles. The number of nitrogens with one attached hydrogen (secondary N) is 1. The van der Waals surface area contributed by atoms with Crippen LogP contribution in [-0.2, 0) is 26.0 Å². The fourth-order valence-electron chi connectivity index (χ4n) is 2.67. The molecule has 25 heavy (non-hydrogen) atoms. The van der Waals surface area contributed by atoms with Gasteiger partial charge in [-0.2, -0.15) is 0 Å². The van der Waals surface area contributed by atoms with Crippen LogP contribution in [-0.4, -0.2) is 48.9 Å². The molecule has 0 unspecified atom stereocenters. The number of carboxylic acid groups (broad SMARTS) is 1. The van der Waals surface area contributed by atoms with Crippen LogP contribution in [0.5, 0.6) is 0 Å². The predicted molar refractivity (Wildman–Crippen MR) is 90.5 cm³/mol. The van der Waals surface area contributed by atoms with Crippen molar-refractivity contribution in [3.8, 4) is 0 Å². The van der Waals surface area contributed by atoms with E-state index in [2.05, 4.69) is 4.72 Å². The van der Waals surface area contributed by atoms with Crippen LogP contribution in [0.3, 0.4) is 0 Å². The van der Waals surface area contributed by atoms with E-state index in [-0.39, 0.29) is 35.9 Å². The van der Waals surface area contributed by atoms with Gasteiger partial charge in [0.25, 0.3) is 0 Å². The summed E-state index contributed by atoms with van der Waals surface area (Å²) in [5.41, 5.74) is 0.852. The number of hydrogen-bond acceptors (Lipinski definition) is 4. The Morgan fingerprint density at radius 3 is 2.28 bits per heavy atom. The van der Waals surface area contributed by atoms with E-state index >= 15 is 0 Å². The van der Waals surface area contributed by atoms with Gasteiger partial charge in [-0.1, -0.05) is 12.1 Å². The SMILES string of the molecule is O=C(O)CN(C(=O)CCc1ccc(S(=O)(=O)NC2CC2)cc1)C1CC1. The molecule has 2 saturated carbocycles. The van der Waals surface area contributed by atoms with Crippen LogP contribution in [0.4, 0.5) is 0 Å². The van der Waals surface area contributed by atoms with Crippen molar-refractivity contribution in [1.82, 2.24) is 9.62 Å². The molecule has 1 aromatic rings. The summed E-state index contributed by atoms with van der Waals surface area (Å²) in [6.45, 7) is -0.256. The predicted octanol–water partition coefficient (Wildman–Crippen LogP) is 1.14. The molecule has 2 aliphatic rings. The van der Waals surface area contributed by atoms with Gasteiger partial charge in [-0.05, 0) is 49.8 Å². The minimum atomic E-state index is -3.47. The van der Waals surface area contributed by atoms with Crippen molar-refractivity contribution in [2.45, 2.75) is 55.5 Å². The summed E-state index contributed by atoms with van der Waals surface area (Å²) in [5.74, 6) is -1.17. The highest BCUT2D eigenvalue weighted by atomic mass is 32.2. The molecular weight excluding hydrogens is 344 g/mol. The van der Waals surface area contributed by atoms with Crippen LogP contribution in [0.25, 0.3) is 0 Å². The molecule has 0 spiro atoms. The van der Waals surface area contributed by atoms with Gasteiger partial charge in [-0.25, -0.2) is 13.1 Å². The van der Waals surface area contributed by atoms with Crippen molar-refractivity contribution in [2.24, 2.45) is 0 Å². The van der Waals surface area contributed by atoms with Crippen molar-refractivity contribution in [1.29, 1.82) is 0 Å². The zero-order valence-electron chi connectivity index (χ0n) is 13.8. The van der Waals surface area contributed by atoms with E-state index in [4.69, 9.17) is 5.11 Å². The van der Waals surface area contributed by atoms with Crippen LogP contribution in [0, 0.1) is 0 Å². The van der Waals surface area contributed by atoms with Crippen molar-refractivity contribution in [2.75, 3.05) is 6.54 Å². The monoisotopic (exact) mass is 366 g/mol. The maximum absolute atomic E-state index is 12.2. The number of carbonyl (C=O) groups excluding carboxylic acids is 1. The fourth-order valence-corrected chi connectivity index (χ4v) is 3.98. The van der Waals surface area contributed by atoms with Gasteiger partial charge in [0, 0.05) is 18.5 Å². The molecule has 0 saturated heterocycles. The lowest BCUT2D eigenvalue weighted by Gasteiger charge is -2.20. The average molecular weight is 366 g/mol. The van der Waals surface area contributed by atoms with Crippen LogP contribution >= 0.6 is 0 Å². The first kappa shape index (κ1) is 17.9. The molecule has 136 valence electrons. The first-order valence-corrected chi connectivity index (χ1v) is 9.96. The summed E-state index contributed by atoms with van der Waals surface area (Å²) in [5, 5.41) is 8.91. The number of benzene rings is 1. The van der Waals surface area contributed by atoms with Gasteiger partial charge in [-0.15, -0.1) is 0 Å². The van der Waals surface area contributed by atoms with E-state index in [9.17, 15) is 18.0 Å². The molecular formula is C17H22N2O5S. The minimum absolute atomic E-state index is 0.0598. The van der Waals surface area contributed by atoms with Gasteiger partial charge in [0.15, 0.2) is 0 Å². The Labute approximate surface area is 147 Å². The number of carbonyl (C=O) groups is 2. The van der Waals surface area contributed by atoms with Gasteiger partial charge in [0.1, 0.15) is 6.54 Å². The van der Waals surface area contributed by atoms with Gasteiger partial charge >= 0.3 is 5.97 Å². The number of carboxylic acids is 1. The fraction of sp³-hybridized carbons (Fsp3) is 0.529. The highest BCUT2D eigenvalue weighted by molar-refractivity contribution is 7.89. The number of nitrogens with zero attached hydrogens (tertiary/aromatic N) is 1. The third kappa shape index (κ3) is 5.02. The number of hydrogen-bond donors (Lipinski definition) is 2. The Morgan fingerprint density at radius 2 is 1.76 bits per heavy atom. The van der Waals surface area contributed by atoms with Gasteiger partial charge in [0.05, 0.1) is 4.90 Å². The Bertz CT molecular complexity index is 752. The molecule has 0 aliphatic heterocycles. The lowest BCUT2D eigenvalue weighted by molar-refractivity contribution is -0.144. The van der Waals surface area contributed by atoms with E-state index in [0.29, 0.717) is 6.42 Å². The smallest absolute Gasteiger partial charge is 0.323 e. The second-order valence-electron chi connectivity index (χ2n) is 6.69. The Kier molecular flexibility index (Phi) is 5.10. The summed E-state index contributed by atoms with van der Waals surface area (Å²) >= 11 is 0. The quantitative estimate of drug-likeness (QED) is 0.682. The number of rotatable bonds is 9. The van der Waals surface area contributed by atoms with E-state index in [1.165, 1.54) is 4.90 Å². The van der Waals surface area contributed by atoms with Gasteiger partial charge in [-0.3, -0.25) is 9.59 Å². The largest absolute Gasteiger partial charge is 0.480 e. The molecule has 0 atom stereocenters. The molecule has 0 aromatic heterocycles. The van der Waals surface area contributed by atoms with Crippen molar-refractivity contribution in [3.05, 3.63) is 29.8 Å². The molecule has 0 radical (unpaired) electrons. The molecule has 7 nitrogen and oxygen atoms in total. The lowest BCUT2D eigenvalue weighted by atomic mass is 10.1. The zero-order valence-corrected chi connectivity index (χ0v) is 14.7. The van der Waals surface area contributed by atoms with Crippen LogP contribution in [0.15, 0.2) is 29.2 Å². The van der Waals surface area contributed by atoms with E-state index in [0.717, 1.165) is 31.2 Å².